The van der Waals surface area contributed by atoms with Gasteiger partial charge in [-0.05, 0) is 51.3 Å². The van der Waals surface area contributed by atoms with Crippen LogP contribution in [0.1, 0.15) is 28.8 Å². The average molecular weight is 307 g/mol. The van der Waals surface area contributed by atoms with Gasteiger partial charge in [-0.25, -0.2) is 0 Å². The Bertz CT molecular complexity index is 478. The van der Waals surface area contributed by atoms with Gasteiger partial charge in [-0.2, -0.15) is 0 Å². The van der Waals surface area contributed by atoms with Crippen LogP contribution in [0.25, 0.3) is 0 Å². The van der Waals surface area contributed by atoms with Gasteiger partial charge in [0.2, 0.25) is 0 Å². The van der Waals surface area contributed by atoms with Crippen LogP contribution in [-0.4, -0.2) is 50.9 Å². The van der Waals surface area contributed by atoms with Crippen LogP contribution >= 0.6 is 0 Å². The summed E-state index contributed by atoms with van der Waals surface area (Å²) >= 11 is 0. The fourth-order valence-electron chi connectivity index (χ4n) is 1.89. The zero-order chi connectivity index (χ0) is 17.0. The number of nitrogens with one attached hydrogen (secondary N) is 1. The molecule has 3 N–H and O–H groups in total. The Kier molecular flexibility index (Phi) is 10.5. The number of hydrogen-bond donors (Lipinski definition) is 2. The second kappa shape index (κ2) is 11.6. The van der Waals surface area contributed by atoms with E-state index in [9.17, 15) is 14.4 Å². The summed E-state index contributed by atoms with van der Waals surface area (Å²) in [5.74, 6) is 0. The fourth-order valence-corrected chi connectivity index (χ4v) is 1.89. The lowest BCUT2D eigenvalue weighted by Gasteiger charge is -2.23. The summed E-state index contributed by atoms with van der Waals surface area (Å²) in [5, 5.41) is 2.75. The van der Waals surface area contributed by atoms with Crippen molar-refractivity contribution in [3.63, 3.8) is 0 Å². The molecule has 0 amide bonds. The van der Waals surface area contributed by atoms with Gasteiger partial charge in [0, 0.05) is 24.2 Å². The topological polar surface area (TPSA) is 92.5 Å². The monoisotopic (exact) mass is 307 g/mol. The Hall–Kier alpha value is -2.05. The van der Waals surface area contributed by atoms with Gasteiger partial charge in [-0.15, -0.1) is 0 Å². The number of rotatable bonds is 8. The van der Waals surface area contributed by atoms with E-state index in [1.54, 1.807) is 30.1 Å². The van der Waals surface area contributed by atoms with Gasteiger partial charge >= 0.3 is 0 Å². The number of anilines is 1. The predicted molar refractivity (Wildman–Crippen MR) is 87.8 cm³/mol. The van der Waals surface area contributed by atoms with E-state index in [2.05, 4.69) is 5.32 Å². The van der Waals surface area contributed by atoms with Crippen molar-refractivity contribution < 1.29 is 14.4 Å². The van der Waals surface area contributed by atoms with Crippen molar-refractivity contribution in [1.82, 2.24) is 10.2 Å². The van der Waals surface area contributed by atoms with E-state index in [4.69, 9.17) is 5.73 Å². The quantitative estimate of drug-likeness (QED) is 0.547. The summed E-state index contributed by atoms with van der Waals surface area (Å²) < 4.78 is 0. The average Bonchev–Trinajstić information content (AvgIpc) is 2.49. The molecule has 1 rings (SSSR count). The fraction of sp³-hybridized carbons (Fsp3) is 0.438. The molecule has 0 aromatic heterocycles. The molecule has 0 heterocycles. The van der Waals surface area contributed by atoms with E-state index in [1.165, 1.54) is 0 Å². The minimum absolute atomic E-state index is 0.339. The maximum Gasteiger partial charge on any atom is 0.150 e. The van der Waals surface area contributed by atoms with Crippen molar-refractivity contribution in [3.05, 3.63) is 29.3 Å². The summed E-state index contributed by atoms with van der Waals surface area (Å²) in [7, 11) is 5.53. The SMILES string of the molecule is CN(Cc1cc(N)ccc1C=O)C(C=O)CCC=O.CNC. The molecule has 22 heavy (non-hydrogen) atoms. The zero-order valence-corrected chi connectivity index (χ0v) is 13.4. The van der Waals surface area contributed by atoms with Crippen molar-refractivity contribution in [2.45, 2.75) is 25.4 Å². The number of carbonyl (C=O) groups excluding carboxylic acids is 3. The van der Waals surface area contributed by atoms with Crippen LogP contribution in [0.2, 0.25) is 0 Å². The largest absolute Gasteiger partial charge is 0.399 e. The van der Waals surface area contributed by atoms with Gasteiger partial charge in [0.1, 0.15) is 18.9 Å². The molecule has 0 radical (unpaired) electrons. The lowest BCUT2D eigenvalue weighted by atomic mass is 10.1. The number of nitrogens with zero attached hydrogens (tertiary/aromatic N) is 1. The van der Waals surface area contributed by atoms with Gasteiger partial charge in [-0.1, -0.05) is 0 Å². The lowest BCUT2D eigenvalue weighted by molar-refractivity contribution is -0.113. The maximum absolute atomic E-state index is 11.0. The highest BCUT2D eigenvalue weighted by Crippen LogP contribution is 2.15. The van der Waals surface area contributed by atoms with Crippen LogP contribution in [0.5, 0.6) is 0 Å². The third-order valence-electron chi connectivity index (χ3n) is 3.02. The van der Waals surface area contributed by atoms with Crippen LogP contribution in [0.15, 0.2) is 18.2 Å². The maximum atomic E-state index is 11.0. The van der Waals surface area contributed by atoms with Gasteiger partial charge in [-0.3, -0.25) is 9.69 Å². The zero-order valence-electron chi connectivity index (χ0n) is 13.4. The lowest BCUT2D eigenvalue weighted by Crippen LogP contribution is -2.33. The molecule has 0 saturated carbocycles. The molecule has 1 aromatic rings. The van der Waals surface area contributed by atoms with E-state index in [-0.39, 0.29) is 6.04 Å². The number of nitrogens with two attached hydrogens (primary N) is 1. The van der Waals surface area contributed by atoms with Gasteiger partial charge in [0.25, 0.3) is 0 Å². The molecular formula is C16H25N3O3. The molecule has 0 saturated heterocycles. The Labute approximate surface area is 131 Å². The number of carbonyl (C=O) groups is 3. The number of likely N-dealkylation sites (N-methyl/N-ethyl adjacent to an activating group) is 1. The first-order valence-corrected chi connectivity index (χ1v) is 7.05. The second-order valence-corrected chi connectivity index (χ2v) is 4.94. The first-order valence-electron chi connectivity index (χ1n) is 7.05. The minimum atomic E-state index is -0.342. The number of nitrogen functional groups attached to an aromatic ring is 1. The summed E-state index contributed by atoms with van der Waals surface area (Å²) in [5.41, 5.74) is 7.60. The van der Waals surface area contributed by atoms with Gasteiger partial charge in [0.05, 0.1) is 6.04 Å². The minimum Gasteiger partial charge on any atom is -0.399 e. The molecule has 0 aliphatic carbocycles. The van der Waals surface area contributed by atoms with Crippen molar-refractivity contribution in [1.29, 1.82) is 0 Å². The highest BCUT2D eigenvalue weighted by atomic mass is 16.1. The highest BCUT2D eigenvalue weighted by Gasteiger charge is 2.15. The first kappa shape index (κ1) is 19.9. The van der Waals surface area contributed by atoms with Crippen LogP contribution in [0.3, 0.4) is 0 Å². The Morgan fingerprint density at radius 2 is 1.91 bits per heavy atom. The molecule has 0 aliphatic rings. The Morgan fingerprint density at radius 3 is 2.41 bits per heavy atom. The van der Waals surface area contributed by atoms with Crippen LogP contribution in [0.4, 0.5) is 5.69 Å². The number of hydrogen-bond acceptors (Lipinski definition) is 6. The molecule has 122 valence electrons. The Morgan fingerprint density at radius 1 is 1.27 bits per heavy atom. The molecule has 0 bridgehead atoms. The molecule has 1 aromatic carbocycles. The Balaban J connectivity index is 0.00000135. The molecule has 1 atom stereocenters. The van der Waals surface area contributed by atoms with Crippen molar-refractivity contribution in [2.75, 3.05) is 26.9 Å². The first-order chi connectivity index (χ1) is 10.5. The normalized spacial score (nSPS) is 11.3. The van der Waals surface area contributed by atoms with Crippen molar-refractivity contribution in [3.8, 4) is 0 Å². The van der Waals surface area contributed by atoms with Gasteiger partial charge < -0.3 is 20.6 Å². The molecule has 6 heteroatoms. The van der Waals surface area contributed by atoms with E-state index in [0.29, 0.717) is 30.6 Å². The third-order valence-corrected chi connectivity index (χ3v) is 3.02. The predicted octanol–water partition coefficient (Wildman–Crippen LogP) is 0.895. The van der Waals surface area contributed by atoms with Crippen LogP contribution < -0.4 is 11.1 Å². The van der Waals surface area contributed by atoms with E-state index in [1.807, 2.05) is 14.1 Å². The van der Waals surface area contributed by atoms with Crippen LogP contribution in [0, 0.1) is 0 Å². The number of benzene rings is 1. The van der Waals surface area contributed by atoms with Crippen LogP contribution in [-0.2, 0) is 16.1 Å². The molecule has 6 nitrogen and oxygen atoms in total. The van der Waals surface area contributed by atoms with E-state index >= 15 is 0 Å². The molecule has 1 unspecified atom stereocenters. The summed E-state index contributed by atoms with van der Waals surface area (Å²) in [6.45, 7) is 0.432. The van der Waals surface area contributed by atoms with E-state index in [0.717, 1.165) is 24.4 Å². The molecule has 0 aliphatic heterocycles. The summed E-state index contributed by atoms with van der Waals surface area (Å²) in [4.78, 5) is 34.1. The third kappa shape index (κ3) is 7.10. The smallest absolute Gasteiger partial charge is 0.150 e. The summed E-state index contributed by atoms with van der Waals surface area (Å²) in [6.07, 6.45) is 3.19. The van der Waals surface area contributed by atoms with Crippen molar-refractivity contribution >= 4 is 24.5 Å². The van der Waals surface area contributed by atoms with E-state index < -0.39 is 0 Å². The highest BCUT2D eigenvalue weighted by molar-refractivity contribution is 5.78. The second-order valence-electron chi connectivity index (χ2n) is 4.94. The molecule has 0 spiro atoms. The van der Waals surface area contributed by atoms with Gasteiger partial charge in [0.15, 0.2) is 0 Å². The summed E-state index contributed by atoms with van der Waals surface area (Å²) in [6, 6.07) is 4.71. The number of aldehydes is 3. The molecule has 0 fully saturated rings. The standard InChI is InChI=1S/C14H18N2O3.C2H7N/c1-16(14(10-19)3-2-6-17)8-12-7-13(15)5-4-11(12)9-18;1-3-2/h4-7,9-10,14H,2-3,8,15H2,1H3;3H,1-2H3. The van der Waals surface area contributed by atoms with Crippen molar-refractivity contribution in [2.24, 2.45) is 0 Å². The molecular weight excluding hydrogens is 282 g/mol.